The van der Waals surface area contributed by atoms with Gasteiger partial charge in [0.2, 0.25) is 5.09 Å². The molecular weight excluding hydrogens is 252 g/mol. The van der Waals surface area contributed by atoms with Crippen LogP contribution in [0.5, 0.6) is 0 Å². The molecule has 0 spiro atoms. The van der Waals surface area contributed by atoms with Gasteiger partial charge in [-0.1, -0.05) is 12.8 Å². The molecule has 1 aliphatic rings. The van der Waals surface area contributed by atoms with Crippen molar-refractivity contribution in [2.75, 3.05) is 13.6 Å². The summed E-state index contributed by atoms with van der Waals surface area (Å²) >= 11 is 0. The Morgan fingerprint density at radius 2 is 2.06 bits per heavy atom. The van der Waals surface area contributed by atoms with Crippen LogP contribution >= 0.6 is 0 Å². The van der Waals surface area contributed by atoms with Crippen LogP contribution in [0.15, 0.2) is 21.6 Å². The second-order valence-electron chi connectivity index (χ2n) is 4.86. The number of sulfonamides is 1. The van der Waals surface area contributed by atoms with Crippen LogP contribution in [0.4, 0.5) is 0 Å². The van der Waals surface area contributed by atoms with Crippen molar-refractivity contribution < 1.29 is 12.8 Å². The zero-order chi connectivity index (χ0) is 13.2. The summed E-state index contributed by atoms with van der Waals surface area (Å²) in [5.41, 5.74) is 5.41. The van der Waals surface area contributed by atoms with Gasteiger partial charge in [0.05, 0.1) is 6.54 Å². The molecule has 1 aliphatic carbocycles. The Kier molecular flexibility index (Phi) is 4.09. The first-order valence-electron chi connectivity index (χ1n) is 6.29. The third-order valence-corrected chi connectivity index (χ3v) is 5.19. The summed E-state index contributed by atoms with van der Waals surface area (Å²) in [5.74, 6) is 0.969. The molecule has 0 saturated heterocycles. The molecule has 0 aromatic carbocycles. The molecule has 0 aliphatic heterocycles. The highest BCUT2D eigenvalue weighted by Crippen LogP contribution is 2.27. The molecule has 0 atom stereocenters. The summed E-state index contributed by atoms with van der Waals surface area (Å²) in [4.78, 5) is 0. The van der Waals surface area contributed by atoms with Gasteiger partial charge < -0.3 is 10.2 Å². The van der Waals surface area contributed by atoms with Crippen LogP contribution in [0.2, 0.25) is 0 Å². The SMILES string of the molecule is CN(CC1CCCC1)S(=O)(=O)c1ccc(CN)o1. The smallest absolute Gasteiger partial charge is 0.276 e. The van der Waals surface area contributed by atoms with Crippen LogP contribution in [0.25, 0.3) is 0 Å². The number of nitrogens with two attached hydrogens (primary N) is 1. The standard InChI is InChI=1S/C12H20N2O3S/c1-14(9-10-4-2-3-5-10)18(15,16)12-7-6-11(8-13)17-12/h6-7,10H,2-5,8-9,13H2,1H3. The van der Waals surface area contributed by atoms with Crippen LogP contribution in [0, 0.1) is 5.92 Å². The van der Waals surface area contributed by atoms with Crippen molar-refractivity contribution in [2.45, 2.75) is 37.3 Å². The minimum atomic E-state index is -3.50. The molecule has 0 bridgehead atoms. The molecule has 102 valence electrons. The molecule has 0 amide bonds. The average molecular weight is 272 g/mol. The fraction of sp³-hybridized carbons (Fsp3) is 0.667. The fourth-order valence-corrected chi connectivity index (χ4v) is 3.58. The van der Waals surface area contributed by atoms with E-state index < -0.39 is 10.0 Å². The van der Waals surface area contributed by atoms with E-state index in [0.29, 0.717) is 18.2 Å². The van der Waals surface area contributed by atoms with Crippen molar-refractivity contribution in [3.63, 3.8) is 0 Å². The summed E-state index contributed by atoms with van der Waals surface area (Å²) in [6, 6.07) is 3.08. The average Bonchev–Trinajstić information content (AvgIpc) is 2.99. The predicted octanol–water partition coefficient (Wildman–Crippen LogP) is 1.55. The van der Waals surface area contributed by atoms with Crippen LogP contribution in [-0.2, 0) is 16.6 Å². The van der Waals surface area contributed by atoms with Crippen LogP contribution < -0.4 is 5.73 Å². The highest BCUT2D eigenvalue weighted by atomic mass is 32.2. The third kappa shape index (κ3) is 2.76. The van der Waals surface area contributed by atoms with Crippen molar-refractivity contribution in [3.8, 4) is 0 Å². The molecule has 2 rings (SSSR count). The monoisotopic (exact) mass is 272 g/mol. The van der Waals surface area contributed by atoms with Crippen molar-refractivity contribution in [1.29, 1.82) is 0 Å². The largest absolute Gasteiger partial charge is 0.447 e. The van der Waals surface area contributed by atoms with E-state index in [4.69, 9.17) is 10.2 Å². The maximum Gasteiger partial charge on any atom is 0.276 e. The van der Waals surface area contributed by atoms with E-state index in [1.54, 1.807) is 13.1 Å². The first kappa shape index (κ1) is 13.6. The first-order valence-corrected chi connectivity index (χ1v) is 7.73. The van der Waals surface area contributed by atoms with Gasteiger partial charge in [-0.15, -0.1) is 0 Å². The zero-order valence-corrected chi connectivity index (χ0v) is 11.4. The lowest BCUT2D eigenvalue weighted by atomic mass is 10.1. The zero-order valence-electron chi connectivity index (χ0n) is 10.6. The Balaban J connectivity index is 2.09. The molecule has 18 heavy (non-hydrogen) atoms. The number of rotatable bonds is 5. The van der Waals surface area contributed by atoms with Gasteiger partial charge in [-0.2, -0.15) is 4.31 Å². The van der Waals surface area contributed by atoms with Crippen molar-refractivity contribution in [3.05, 3.63) is 17.9 Å². The van der Waals surface area contributed by atoms with Gasteiger partial charge in [0.1, 0.15) is 5.76 Å². The Labute approximate surface area is 108 Å². The Morgan fingerprint density at radius 1 is 1.39 bits per heavy atom. The van der Waals surface area contributed by atoms with Gasteiger partial charge in [0.15, 0.2) is 0 Å². The number of hydrogen-bond acceptors (Lipinski definition) is 4. The molecule has 1 heterocycles. The first-order chi connectivity index (χ1) is 8.54. The predicted molar refractivity (Wildman–Crippen MR) is 68.4 cm³/mol. The third-order valence-electron chi connectivity index (χ3n) is 3.49. The quantitative estimate of drug-likeness (QED) is 0.882. The van der Waals surface area contributed by atoms with Gasteiger partial charge >= 0.3 is 0 Å². The minimum Gasteiger partial charge on any atom is -0.447 e. The van der Waals surface area contributed by atoms with Crippen LogP contribution in [0.1, 0.15) is 31.4 Å². The Morgan fingerprint density at radius 3 is 2.61 bits per heavy atom. The van der Waals surface area contributed by atoms with E-state index in [2.05, 4.69) is 0 Å². The van der Waals surface area contributed by atoms with Gasteiger partial charge in [-0.25, -0.2) is 8.42 Å². The maximum atomic E-state index is 12.2. The molecule has 1 aromatic heterocycles. The van der Waals surface area contributed by atoms with E-state index in [1.165, 1.54) is 23.2 Å². The lowest BCUT2D eigenvalue weighted by Gasteiger charge is -2.19. The number of nitrogens with zero attached hydrogens (tertiary/aromatic N) is 1. The van der Waals surface area contributed by atoms with E-state index in [9.17, 15) is 8.42 Å². The normalized spacial score (nSPS) is 17.7. The van der Waals surface area contributed by atoms with E-state index in [0.717, 1.165) is 12.8 Å². The summed E-state index contributed by atoms with van der Waals surface area (Å²) in [6.45, 7) is 0.781. The molecular formula is C12H20N2O3S. The summed E-state index contributed by atoms with van der Waals surface area (Å²) < 4.78 is 31.1. The second-order valence-corrected chi connectivity index (χ2v) is 6.84. The van der Waals surface area contributed by atoms with E-state index in [1.807, 2.05) is 0 Å². The van der Waals surface area contributed by atoms with Gasteiger partial charge in [-0.3, -0.25) is 0 Å². The van der Waals surface area contributed by atoms with Crippen LogP contribution in [-0.4, -0.2) is 26.3 Å². The van der Waals surface area contributed by atoms with E-state index in [-0.39, 0.29) is 11.6 Å². The Hall–Kier alpha value is -0.850. The molecule has 6 heteroatoms. The topological polar surface area (TPSA) is 76.5 Å². The molecule has 5 nitrogen and oxygen atoms in total. The molecule has 2 N–H and O–H groups in total. The second kappa shape index (κ2) is 5.42. The molecule has 1 aromatic rings. The highest BCUT2D eigenvalue weighted by molar-refractivity contribution is 7.89. The van der Waals surface area contributed by atoms with Gasteiger partial charge in [0, 0.05) is 13.6 Å². The number of hydrogen-bond donors (Lipinski definition) is 1. The summed E-state index contributed by atoms with van der Waals surface area (Å²) in [5, 5.41) is -0.0107. The Bertz CT molecular complexity index is 489. The molecule has 1 fully saturated rings. The highest BCUT2D eigenvalue weighted by Gasteiger charge is 2.27. The van der Waals surface area contributed by atoms with Gasteiger partial charge in [0.25, 0.3) is 10.0 Å². The lowest BCUT2D eigenvalue weighted by Crippen LogP contribution is -2.31. The maximum absolute atomic E-state index is 12.2. The fourth-order valence-electron chi connectivity index (χ4n) is 2.41. The van der Waals surface area contributed by atoms with E-state index >= 15 is 0 Å². The molecule has 0 radical (unpaired) electrons. The van der Waals surface area contributed by atoms with Crippen molar-refractivity contribution in [1.82, 2.24) is 4.31 Å². The minimum absolute atomic E-state index is 0.0107. The van der Waals surface area contributed by atoms with Crippen molar-refractivity contribution >= 4 is 10.0 Å². The molecule has 0 unspecified atom stereocenters. The lowest BCUT2D eigenvalue weighted by molar-refractivity contribution is 0.359. The number of furan rings is 1. The molecule has 1 saturated carbocycles. The van der Waals surface area contributed by atoms with Crippen molar-refractivity contribution in [2.24, 2.45) is 11.7 Å². The summed E-state index contributed by atoms with van der Waals surface area (Å²) in [6.07, 6.45) is 4.64. The van der Waals surface area contributed by atoms with Gasteiger partial charge in [-0.05, 0) is 30.9 Å². The van der Waals surface area contributed by atoms with Crippen LogP contribution in [0.3, 0.4) is 0 Å². The summed E-state index contributed by atoms with van der Waals surface area (Å²) in [7, 11) is -1.90.